The van der Waals surface area contributed by atoms with Crippen LogP contribution in [0.4, 0.5) is 0 Å². The Morgan fingerprint density at radius 1 is 0.947 bits per heavy atom. The highest BCUT2D eigenvalue weighted by atomic mass is 16.3. The van der Waals surface area contributed by atoms with Crippen molar-refractivity contribution in [2.45, 2.75) is 98.0 Å². The summed E-state index contributed by atoms with van der Waals surface area (Å²) < 4.78 is 0. The van der Waals surface area contributed by atoms with E-state index in [1.165, 1.54) is 57.8 Å². The Labute approximate surface area is 121 Å². The molecule has 1 atom stereocenters. The molecule has 0 saturated heterocycles. The summed E-state index contributed by atoms with van der Waals surface area (Å²) >= 11 is 0. The molecule has 0 aromatic heterocycles. The first-order chi connectivity index (χ1) is 8.95. The molecule has 114 valence electrons. The molecule has 1 aliphatic rings. The van der Waals surface area contributed by atoms with Crippen LogP contribution in [0.15, 0.2) is 0 Å². The molecule has 0 heterocycles. The second-order valence-electron chi connectivity index (χ2n) is 7.75. The summed E-state index contributed by atoms with van der Waals surface area (Å²) in [6.45, 7) is 9.34. The smallest absolute Gasteiger partial charge is 0.0568 e. The fourth-order valence-corrected chi connectivity index (χ4v) is 3.56. The molecule has 0 aliphatic heterocycles. The first kappa shape index (κ1) is 17.0. The van der Waals surface area contributed by atoms with Gasteiger partial charge in [-0.05, 0) is 49.4 Å². The third kappa shape index (κ3) is 6.29. The van der Waals surface area contributed by atoms with Crippen LogP contribution in [0.2, 0.25) is 0 Å². The zero-order valence-corrected chi connectivity index (χ0v) is 13.8. The summed E-state index contributed by atoms with van der Waals surface area (Å²) in [4.78, 5) is 0. The molecule has 0 aromatic carbocycles. The lowest BCUT2D eigenvalue weighted by Crippen LogP contribution is -2.30. The van der Waals surface area contributed by atoms with Crippen LogP contribution in [0.5, 0.6) is 0 Å². The lowest BCUT2D eigenvalue weighted by molar-refractivity contribution is 0.0465. The number of hydrogen-bond donors (Lipinski definition) is 1. The van der Waals surface area contributed by atoms with E-state index in [0.29, 0.717) is 11.3 Å². The van der Waals surface area contributed by atoms with E-state index in [-0.39, 0.29) is 6.10 Å². The van der Waals surface area contributed by atoms with E-state index in [0.717, 1.165) is 12.3 Å². The highest BCUT2D eigenvalue weighted by Crippen LogP contribution is 2.41. The monoisotopic (exact) mass is 268 g/mol. The van der Waals surface area contributed by atoms with E-state index in [2.05, 4.69) is 27.7 Å². The van der Waals surface area contributed by atoms with Crippen molar-refractivity contribution in [3.8, 4) is 0 Å². The van der Waals surface area contributed by atoms with Gasteiger partial charge in [0.2, 0.25) is 0 Å². The van der Waals surface area contributed by atoms with Crippen LogP contribution in [0, 0.1) is 17.3 Å². The number of aliphatic hydroxyl groups excluding tert-OH is 1. The van der Waals surface area contributed by atoms with Crippen molar-refractivity contribution in [1.82, 2.24) is 0 Å². The number of aliphatic hydroxyl groups is 1. The van der Waals surface area contributed by atoms with Crippen LogP contribution in [0.3, 0.4) is 0 Å². The van der Waals surface area contributed by atoms with Gasteiger partial charge in [0.1, 0.15) is 0 Å². The number of hydrogen-bond acceptors (Lipinski definition) is 1. The molecular weight excluding hydrogens is 232 g/mol. The van der Waals surface area contributed by atoms with Gasteiger partial charge < -0.3 is 5.11 Å². The second-order valence-corrected chi connectivity index (χ2v) is 7.75. The highest BCUT2D eigenvalue weighted by Gasteiger charge is 2.31. The van der Waals surface area contributed by atoms with Gasteiger partial charge in [0, 0.05) is 0 Å². The first-order valence-electron chi connectivity index (χ1n) is 8.63. The fourth-order valence-electron chi connectivity index (χ4n) is 3.56. The molecule has 0 amide bonds. The molecule has 1 nitrogen and oxygen atoms in total. The molecule has 1 aliphatic carbocycles. The van der Waals surface area contributed by atoms with Gasteiger partial charge in [0.05, 0.1) is 6.10 Å². The van der Waals surface area contributed by atoms with Gasteiger partial charge in [-0.2, -0.15) is 0 Å². The van der Waals surface area contributed by atoms with E-state index in [9.17, 15) is 5.11 Å². The van der Waals surface area contributed by atoms with E-state index < -0.39 is 0 Å². The van der Waals surface area contributed by atoms with Gasteiger partial charge in [-0.25, -0.2) is 0 Å². The summed E-state index contributed by atoms with van der Waals surface area (Å²) in [6.07, 6.45) is 12.7. The van der Waals surface area contributed by atoms with Crippen LogP contribution in [-0.4, -0.2) is 11.2 Å². The van der Waals surface area contributed by atoms with Crippen LogP contribution in [0.25, 0.3) is 0 Å². The van der Waals surface area contributed by atoms with Crippen molar-refractivity contribution in [3.63, 3.8) is 0 Å². The molecule has 1 unspecified atom stereocenters. The zero-order valence-electron chi connectivity index (χ0n) is 13.8. The summed E-state index contributed by atoms with van der Waals surface area (Å²) in [5.41, 5.74) is 0.454. The van der Waals surface area contributed by atoms with E-state index >= 15 is 0 Å². The van der Waals surface area contributed by atoms with Crippen LogP contribution in [-0.2, 0) is 0 Å². The normalized spacial score (nSPS) is 26.4. The van der Waals surface area contributed by atoms with E-state index in [1.54, 1.807) is 0 Å². The van der Waals surface area contributed by atoms with E-state index in [1.807, 2.05) is 0 Å². The minimum absolute atomic E-state index is 0.0254. The largest absolute Gasteiger partial charge is 0.393 e. The van der Waals surface area contributed by atoms with Gasteiger partial charge in [-0.3, -0.25) is 0 Å². The molecule has 1 heteroatoms. The fraction of sp³-hybridized carbons (Fsp3) is 1.00. The Kier molecular flexibility index (Phi) is 7.42. The Morgan fingerprint density at radius 2 is 1.53 bits per heavy atom. The standard InChI is InChI=1S/C18H36O/c1-5-6-7-8-9-10-17(19)15-11-13-16(14-12-15)18(2,3)4/h15-17,19H,5-14H2,1-4H3. The Morgan fingerprint density at radius 3 is 2.05 bits per heavy atom. The zero-order chi connectivity index (χ0) is 14.3. The Hall–Kier alpha value is -0.0400. The highest BCUT2D eigenvalue weighted by molar-refractivity contribution is 4.83. The van der Waals surface area contributed by atoms with Crippen molar-refractivity contribution < 1.29 is 5.11 Å². The molecule has 1 N–H and O–H groups in total. The molecule has 0 radical (unpaired) electrons. The third-order valence-electron chi connectivity index (χ3n) is 5.14. The van der Waals surface area contributed by atoms with Gasteiger partial charge in [0.15, 0.2) is 0 Å². The average Bonchev–Trinajstić information content (AvgIpc) is 2.37. The summed E-state index contributed by atoms with van der Waals surface area (Å²) in [5, 5.41) is 10.3. The lowest BCUT2D eigenvalue weighted by Gasteiger charge is -2.38. The van der Waals surface area contributed by atoms with Crippen LogP contribution >= 0.6 is 0 Å². The summed E-state index contributed by atoms with van der Waals surface area (Å²) in [7, 11) is 0. The van der Waals surface area contributed by atoms with Crippen molar-refractivity contribution >= 4 is 0 Å². The second kappa shape index (κ2) is 8.29. The maximum absolute atomic E-state index is 10.3. The van der Waals surface area contributed by atoms with Crippen LogP contribution < -0.4 is 0 Å². The molecule has 1 saturated carbocycles. The Balaban J connectivity index is 2.16. The quantitative estimate of drug-likeness (QED) is 0.599. The first-order valence-corrected chi connectivity index (χ1v) is 8.63. The molecule has 1 rings (SSSR count). The van der Waals surface area contributed by atoms with Crippen molar-refractivity contribution in [2.75, 3.05) is 0 Å². The van der Waals surface area contributed by atoms with Gasteiger partial charge in [-0.1, -0.05) is 59.8 Å². The maximum Gasteiger partial charge on any atom is 0.0568 e. The van der Waals surface area contributed by atoms with E-state index in [4.69, 9.17) is 0 Å². The van der Waals surface area contributed by atoms with Crippen molar-refractivity contribution in [3.05, 3.63) is 0 Å². The molecular formula is C18H36O. The number of rotatable bonds is 7. The predicted molar refractivity (Wildman–Crippen MR) is 84.3 cm³/mol. The average molecular weight is 268 g/mol. The predicted octanol–water partition coefficient (Wildman–Crippen LogP) is 5.56. The minimum atomic E-state index is -0.0254. The van der Waals surface area contributed by atoms with Gasteiger partial charge in [0.25, 0.3) is 0 Å². The molecule has 19 heavy (non-hydrogen) atoms. The minimum Gasteiger partial charge on any atom is -0.393 e. The third-order valence-corrected chi connectivity index (χ3v) is 5.14. The molecule has 0 aromatic rings. The van der Waals surface area contributed by atoms with Crippen molar-refractivity contribution in [1.29, 1.82) is 0 Å². The Bertz CT molecular complexity index is 220. The van der Waals surface area contributed by atoms with Gasteiger partial charge in [-0.15, -0.1) is 0 Å². The summed E-state index contributed by atoms with van der Waals surface area (Å²) in [6, 6.07) is 0. The van der Waals surface area contributed by atoms with Crippen LogP contribution in [0.1, 0.15) is 91.9 Å². The lowest BCUT2D eigenvalue weighted by atomic mass is 9.68. The SMILES string of the molecule is CCCCCCCC(O)C1CCC(C(C)(C)C)CC1. The summed E-state index contributed by atoms with van der Waals surface area (Å²) in [5.74, 6) is 1.45. The topological polar surface area (TPSA) is 20.2 Å². The van der Waals surface area contributed by atoms with Gasteiger partial charge >= 0.3 is 0 Å². The molecule has 0 bridgehead atoms. The number of unbranched alkanes of at least 4 members (excludes halogenated alkanes) is 4. The maximum atomic E-state index is 10.3. The van der Waals surface area contributed by atoms with Crippen molar-refractivity contribution in [2.24, 2.45) is 17.3 Å². The molecule has 1 fully saturated rings. The molecule has 0 spiro atoms.